The molecule has 0 aliphatic carbocycles. The van der Waals surface area contributed by atoms with Crippen molar-refractivity contribution in [2.75, 3.05) is 0 Å². The first-order valence-corrected chi connectivity index (χ1v) is 7.72. The smallest absolute Gasteiger partial charge is 0.292 e. The van der Waals surface area contributed by atoms with Crippen molar-refractivity contribution < 1.29 is 5.11 Å². The van der Waals surface area contributed by atoms with Crippen molar-refractivity contribution in [3.05, 3.63) is 86.8 Å². The average molecular weight is 346 g/mol. The van der Waals surface area contributed by atoms with E-state index in [0.29, 0.717) is 22.2 Å². The molecule has 0 fully saturated rings. The van der Waals surface area contributed by atoms with E-state index in [-0.39, 0.29) is 5.75 Å². The highest BCUT2D eigenvalue weighted by atomic mass is 35.5. The van der Waals surface area contributed by atoms with Crippen LogP contribution < -0.4 is 5.56 Å². The van der Waals surface area contributed by atoms with Gasteiger partial charge in [-0.3, -0.25) is 4.79 Å². The molecule has 0 aliphatic rings. The second-order valence-electron chi connectivity index (χ2n) is 5.19. The van der Waals surface area contributed by atoms with Crippen molar-refractivity contribution in [1.82, 2.24) is 4.57 Å². The van der Waals surface area contributed by atoms with Gasteiger partial charge in [0.15, 0.2) is 5.75 Å². The molecule has 2 aromatic carbocycles. The molecule has 1 N–H and O–H groups in total. The van der Waals surface area contributed by atoms with Gasteiger partial charge in [0.05, 0.1) is 6.54 Å². The third-order valence-corrected chi connectivity index (χ3v) is 3.94. The van der Waals surface area contributed by atoms with Crippen LogP contribution in [0.3, 0.4) is 0 Å². The van der Waals surface area contributed by atoms with Crippen molar-refractivity contribution in [1.29, 1.82) is 0 Å². The molecule has 5 heteroatoms. The van der Waals surface area contributed by atoms with Gasteiger partial charge < -0.3 is 9.67 Å². The molecule has 3 aromatic rings. The first kappa shape index (κ1) is 15.7. The molecule has 0 bridgehead atoms. The maximum absolute atomic E-state index is 12.2. The largest absolute Gasteiger partial charge is 0.503 e. The molecule has 0 atom stereocenters. The Hall–Kier alpha value is -2.23. The lowest BCUT2D eigenvalue weighted by Crippen LogP contribution is -2.19. The number of rotatable bonds is 3. The molecule has 1 heterocycles. The zero-order valence-corrected chi connectivity index (χ0v) is 13.6. The Morgan fingerprint density at radius 1 is 0.913 bits per heavy atom. The predicted octanol–water partition coefficient (Wildman–Crippen LogP) is 4.58. The van der Waals surface area contributed by atoms with Gasteiger partial charge in [-0.2, -0.15) is 0 Å². The molecule has 0 amide bonds. The van der Waals surface area contributed by atoms with Crippen molar-refractivity contribution >= 4 is 23.2 Å². The summed E-state index contributed by atoms with van der Waals surface area (Å²) in [5.41, 5.74) is 1.97. The van der Waals surface area contributed by atoms with Crippen LogP contribution in [0, 0.1) is 0 Å². The average Bonchev–Trinajstić information content (AvgIpc) is 2.51. The number of aromatic nitrogens is 1. The molecular weight excluding hydrogens is 333 g/mol. The number of hydrogen-bond donors (Lipinski definition) is 1. The van der Waals surface area contributed by atoms with E-state index in [1.807, 2.05) is 24.3 Å². The number of hydrogen-bond acceptors (Lipinski definition) is 2. The van der Waals surface area contributed by atoms with Gasteiger partial charge in [-0.25, -0.2) is 0 Å². The fourth-order valence-corrected chi connectivity index (χ4v) is 2.80. The molecule has 116 valence electrons. The minimum atomic E-state index is -0.448. The summed E-state index contributed by atoms with van der Waals surface area (Å²) in [7, 11) is 0. The van der Waals surface area contributed by atoms with Crippen LogP contribution >= 0.6 is 23.2 Å². The maximum Gasteiger partial charge on any atom is 0.292 e. The molecule has 0 radical (unpaired) electrons. The van der Waals surface area contributed by atoms with Crippen LogP contribution in [0.5, 0.6) is 5.75 Å². The minimum Gasteiger partial charge on any atom is -0.503 e. The topological polar surface area (TPSA) is 42.2 Å². The highest BCUT2D eigenvalue weighted by Gasteiger charge is 2.08. The van der Waals surface area contributed by atoms with Gasteiger partial charge in [-0.1, -0.05) is 47.5 Å². The van der Waals surface area contributed by atoms with E-state index < -0.39 is 5.56 Å². The molecule has 0 saturated carbocycles. The van der Waals surface area contributed by atoms with Gasteiger partial charge in [0.25, 0.3) is 5.56 Å². The summed E-state index contributed by atoms with van der Waals surface area (Å²) in [6.45, 7) is 0.321. The van der Waals surface area contributed by atoms with Gasteiger partial charge in [0.2, 0.25) is 0 Å². The minimum absolute atomic E-state index is 0.301. The van der Waals surface area contributed by atoms with Crippen molar-refractivity contribution in [3.63, 3.8) is 0 Å². The van der Waals surface area contributed by atoms with E-state index in [1.54, 1.807) is 30.5 Å². The van der Waals surface area contributed by atoms with Crippen LogP contribution in [0.1, 0.15) is 5.56 Å². The first-order chi connectivity index (χ1) is 11.0. The standard InChI is InChI=1S/C18H13Cl2NO2/c19-15-5-1-3-12(7-15)10-21-11-14(9-17(22)18(21)23)13-4-2-6-16(20)8-13/h1-9,11,22H,10H2. The Balaban J connectivity index is 2.05. The molecule has 3 rings (SSSR count). The normalized spacial score (nSPS) is 10.7. The Morgan fingerprint density at radius 2 is 1.61 bits per heavy atom. The van der Waals surface area contributed by atoms with Crippen molar-refractivity contribution in [2.24, 2.45) is 0 Å². The van der Waals surface area contributed by atoms with Crippen LogP contribution in [0.15, 0.2) is 65.6 Å². The van der Waals surface area contributed by atoms with Crippen LogP contribution in [0.2, 0.25) is 10.0 Å². The molecule has 23 heavy (non-hydrogen) atoms. The lowest BCUT2D eigenvalue weighted by molar-refractivity contribution is 0.459. The fraction of sp³-hybridized carbons (Fsp3) is 0.0556. The van der Waals surface area contributed by atoms with E-state index in [9.17, 15) is 9.90 Å². The number of aromatic hydroxyl groups is 1. The summed E-state index contributed by atoms with van der Waals surface area (Å²) in [6.07, 6.45) is 1.70. The molecule has 3 nitrogen and oxygen atoms in total. The Kier molecular flexibility index (Phi) is 4.42. The number of halogens is 2. The summed E-state index contributed by atoms with van der Waals surface area (Å²) < 4.78 is 1.46. The maximum atomic E-state index is 12.2. The zero-order chi connectivity index (χ0) is 16.4. The molecule has 1 aromatic heterocycles. The molecular formula is C18H13Cl2NO2. The van der Waals surface area contributed by atoms with Crippen LogP contribution in [0.25, 0.3) is 11.1 Å². The summed E-state index contributed by atoms with van der Waals surface area (Å²) in [4.78, 5) is 12.2. The highest BCUT2D eigenvalue weighted by Crippen LogP contribution is 2.24. The second-order valence-corrected chi connectivity index (χ2v) is 6.06. The molecule has 0 spiro atoms. The monoisotopic (exact) mass is 345 g/mol. The molecule has 0 saturated heterocycles. The van der Waals surface area contributed by atoms with Crippen molar-refractivity contribution in [2.45, 2.75) is 6.54 Å². The van der Waals surface area contributed by atoms with Crippen molar-refractivity contribution in [3.8, 4) is 16.9 Å². The second kappa shape index (κ2) is 6.49. The summed E-state index contributed by atoms with van der Waals surface area (Å²) in [5.74, 6) is -0.301. The first-order valence-electron chi connectivity index (χ1n) is 6.97. The number of pyridine rings is 1. The van der Waals surface area contributed by atoms with Gasteiger partial charge >= 0.3 is 0 Å². The van der Waals surface area contributed by atoms with E-state index in [0.717, 1.165) is 11.1 Å². The van der Waals surface area contributed by atoms with Crippen LogP contribution in [-0.2, 0) is 6.54 Å². The predicted molar refractivity (Wildman–Crippen MR) is 93.4 cm³/mol. The van der Waals surface area contributed by atoms with Crippen LogP contribution in [0.4, 0.5) is 0 Å². The Bertz CT molecular complexity index is 919. The molecule has 0 aliphatic heterocycles. The lowest BCUT2D eigenvalue weighted by atomic mass is 10.1. The van der Waals surface area contributed by atoms with Gasteiger partial charge in [0.1, 0.15) is 0 Å². The van der Waals surface area contributed by atoms with E-state index in [2.05, 4.69) is 0 Å². The van der Waals surface area contributed by atoms with Gasteiger partial charge in [-0.05, 0) is 41.5 Å². The van der Waals surface area contributed by atoms with Crippen LogP contribution in [-0.4, -0.2) is 9.67 Å². The summed E-state index contributed by atoms with van der Waals surface area (Å²) in [5, 5.41) is 11.1. The summed E-state index contributed by atoms with van der Waals surface area (Å²) in [6, 6.07) is 15.9. The molecule has 0 unspecified atom stereocenters. The van der Waals surface area contributed by atoms with Gasteiger partial charge in [-0.15, -0.1) is 0 Å². The number of nitrogens with zero attached hydrogens (tertiary/aromatic N) is 1. The lowest BCUT2D eigenvalue weighted by Gasteiger charge is -2.10. The number of benzene rings is 2. The third kappa shape index (κ3) is 3.58. The quantitative estimate of drug-likeness (QED) is 0.755. The Labute approximate surface area is 143 Å². The van der Waals surface area contributed by atoms with E-state index >= 15 is 0 Å². The zero-order valence-electron chi connectivity index (χ0n) is 12.0. The SMILES string of the molecule is O=c1c(O)cc(-c2cccc(Cl)c2)cn1Cc1cccc(Cl)c1. The van der Waals surface area contributed by atoms with Gasteiger partial charge in [0, 0.05) is 21.8 Å². The highest BCUT2D eigenvalue weighted by molar-refractivity contribution is 6.31. The third-order valence-electron chi connectivity index (χ3n) is 3.47. The fourth-order valence-electron chi connectivity index (χ4n) is 2.40. The van der Waals surface area contributed by atoms with E-state index in [4.69, 9.17) is 23.2 Å². The summed E-state index contributed by atoms with van der Waals surface area (Å²) >= 11 is 12.0. The Morgan fingerprint density at radius 3 is 2.30 bits per heavy atom. The van der Waals surface area contributed by atoms with E-state index in [1.165, 1.54) is 10.6 Å².